The minimum atomic E-state index is 0.298. The molecule has 0 aliphatic carbocycles. The third-order valence-corrected chi connectivity index (χ3v) is 3.45. The van der Waals surface area contributed by atoms with E-state index in [4.69, 9.17) is 10.5 Å². The van der Waals surface area contributed by atoms with Crippen molar-refractivity contribution in [3.05, 3.63) is 29.3 Å². The molecule has 90 valence electrons. The van der Waals surface area contributed by atoms with Gasteiger partial charge in [0.05, 0.1) is 7.11 Å². The van der Waals surface area contributed by atoms with Gasteiger partial charge in [0, 0.05) is 17.4 Å². The first-order valence-electron chi connectivity index (χ1n) is 5.60. The number of benzene rings is 1. The van der Waals surface area contributed by atoms with Gasteiger partial charge in [0.2, 0.25) is 0 Å². The van der Waals surface area contributed by atoms with Crippen molar-refractivity contribution in [2.45, 2.75) is 32.1 Å². The van der Waals surface area contributed by atoms with Gasteiger partial charge in [0.25, 0.3) is 0 Å². The molecular weight excluding hydrogens is 218 g/mol. The summed E-state index contributed by atoms with van der Waals surface area (Å²) in [5, 5.41) is 0. The summed E-state index contributed by atoms with van der Waals surface area (Å²) in [6, 6.07) is 6.61. The summed E-state index contributed by atoms with van der Waals surface area (Å²) >= 11 is 1.91. The van der Waals surface area contributed by atoms with Crippen LogP contribution in [0.25, 0.3) is 0 Å². The summed E-state index contributed by atoms with van der Waals surface area (Å²) in [5.41, 5.74) is 8.27. The molecule has 0 amide bonds. The Bertz CT molecular complexity index is 326. The first kappa shape index (κ1) is 13.4. The number of aryl methyl sites for hydroxylation is 1. The maximum atomic E-state index is 5.71. The summed E-state index contributed by atoms with van der Waals surface area (Å²) in [6.45, 7) is 4.16. The minimum absolute atomic E-state index is 0.298. The molecule has 1 unspecified atom stereocenters. The second-order valence-electron chi connectivity index (χ2n) is 4.13. The molecule has 0 saturated heterocycles. The van der Waals surface area contributed by atoms with Gasteiger partial charge in [0.1, 0.15) is 5.75 Å². The van der Waals surface area contributed by atoms with E-state index in [1.54, 1.807) is 7.11 Å². The van der Waals surface area contributed by atoms with E-state index in [1.165, 1.54) is 11.1 Å². The quantitative estimate of drug-likeness (QED) is 0.775. The Morgan fingerprint density at radius 2 is 2.19 bits per heavy atom. The van der Waals surface area contributed by atoms with Crippen LogP contribution in [0.2, 0.25) is 0 Å². The fraction of sp³-hybridized carbons (Fsp3) is 0.538. The fourth-order valence-electron chi connectivity index (χ4n) is 1.47. The molecule has 1 aromatic carbocycles. The predicted molar refractivity (Wildman–Crippen MR) is 72.2 cm³/mol. The zero-order valence-electron chi connectivity index (χ0n) is 10.3. The van der Waals surface area contributed by atoms with Crippen molar-refractivity contribution in [2.75, 3.05) is 12.9 Å². The maximum absolute atomic E-state index is 5.71. The van der Waals surface area contributed by atoms with E-state index in [0.717, 1.165) is 23.7 Å². The van der Waals surface area contributed by atoms with E-state index in [-0.39, 0.29) is 0 Å². The van der Waals surface area contributed by atoms with Gasteiger partial charge in [-0.1, -0.05) is 17.7 Å². The molecule has 0 aromatic heterocycles. The largest absolute Gasteiger partial charge is 0.496 e. The van der Waals surface area contributed by atoms with Crippen molar-refractivity contribution in [2.24, 2.45) is 5.73 Å². The molecule has 2 nitrogen and oxygen atoms in total. The van der Waals surface area contributed by atoms with Crippen molar-refractivity contribution in [3.8, 4) is 5.75 Å². The molecule has 0 saturated carbocycles. The zero-order chi connectivity index (χ0) is 12.0. The third-order valence-electron chi connectivity index (χ3n) is 2.41. The highest BCUT2D eigenvalue weighted by Gasteiger charge is 2.03. The molecule has 0 heterocycles. The van der Waals surface area contributed by atoms with Gasteiger partial charge in [-0.2, -0.15) is 11.8 Å². The summed E-state index contributed by atoms with van der Waals surface area (Å²) in [6.07, 6.45) is 1.07. The van der Waals surface area contributed by atoms with Gasteiger partial charge in [-0.15, -0.1) is 0 Å². The second-order valence-corrected chi connectivity index (χ2v) is 5.24. The fourth-order valence-corrected chi connectivity index (χ4v) is 2.60. The van der Waals surface area contributed by atoms with E-state index >= 15 is 0 Å². The Morgan fingerprint density at radius 3 is 2.81 bits per heavy atom. The van der Waals surface area contributed by atoms with E-state index < -0.39 is 0 Å². The second kappa shape index (κ2) is 6.81. The molecule has 16 heavy (non-hydrogen) atoms. The normalized spacial score (nSPS) is 12.5. The molecule has 0 spiro atoms. The maximum Gasteiger partial charge on any atom is 0.122 e. The van der Waals surface area contributed by atoms with E-state index in [0.29, 0.717) is 6.04 Å². The Morgan fingerprint density at radius 1 is 1.44 bits per heavy atom. The first-order chi connectivity index (χ1) is 7.63. The van der Waals surface area contributed by atoms with E-state index in [2.05, 4.69) is 19.1 Å². The van der Waals surface area contributed by atoms with Gasteiger partial charge in [-0.3, -0.25) is 0 Å². The van der Waals surface area contributed by atoms with Crippen LogP contribution in [0.15, 0.2) is 18.2 Å². The molecule has 0 fully saturated rings. The summed E-state index contributed by atoms with van der Waals surface area (Å²) in [4.78, 5) is 0. The Hall–Kier alpha value is -0.670. The number of hydrogen-bond donors (Lipinski definition) is 1. The SMILES string of the molecule is COc1ccc(C)cc1CSCCC(C)N. The topological polar surface area (TPSA) is 35.2 Å². The van der Waals surface area contributed by atoms with E-state index in [9.17, 15) is 0 Å². The van der Waals surface area contributed by atoms with Crippen LogP contribution in [-0.2, 0) is 5.75 Å². The first-order valence-corrected chi connectivity index (χ1v) is 6.75. The molecule has 1 aromatic rings. The van der Waals surface area contributed by atoms with Crippen LogP contribution in [-0.4, -0.2) is 18.9 Å². The number of methoxy groups -OCH3 is 1. The lowest BCUT2D eigenvalue weighted by atomic mass is 10.1. The third kappa shape index (κ3) is 4.45. The number of nitrogens with two attached hydrogens (primary N) is 1. The van der Waals surface area contributed by atoms with Gasteiger partial charge in [0.15, 0.2) is 0 Å². The molecular formula is C13H21NOS. The highest BCUT2D eigenvalue weighted by molar-refractivity contribution is 7.98. The number of rotatable bonds is 6. The van der Waals surface area contributed by atoms with Gasteiger partial charge < -0.3 is 10.5 Å². The zero-order valence-corrected chi connectivity index (χ0v) is 11.1. The molecule has 2 N–H and O–H groups in total. The van der Waals surface area contributed by atoms with Gasteiger partial charge in [-0.25, -0.2) is 0 Å². The predicted octanol–water partition coefficient (Wildman–Crippen LogP) is 2.97. The minimum Gasteiger partial charge on any atom is -0.496 e. The van der Waals surface area contributed by atoms with Crippen LogP contribution in [0.5, 0.6) is 5.75 Å². The standard InChI is InChI=1S/C13H21NOS/c1-10-4-5-13(15-3)12(8-10)9-16-7-6-11(2)14/h4-5,8,11H,6-7,9,14H2,1-3H3. The van der Waals surface area contributed by atoms with Crippen molar-refractivity contribution in [1.29, 1.82) is 0 Å². The van der Waals surface area contributed by atoms with Crippen LogP contribution in [0, 0.1) is 6.92 Å². The lowest BCUT2D eigenvalue weighted by Gasteiger charge is -2.10. The molecule has 1 rings (SSSR count). The summed E-state index contributed by atoms with van der Waals surface area (Å²) in [7, 11) is 1.72. The van der Waals surface area contributed by atoms with Crippen molar-refractivity contribution in [3.63, 3.8) is 0 Å². The molecule has 0 radical (unpaired) electrons. The van der Waals surface area contributed by atoms with Gasteiger partial charge in [-0.05, 0) is 32.1 Å². The Kier molecular flexibility index (Phi) is 5.71. The lowest BCUT2D eigenvalue weighted by molar-refractivity contribution is 0.411. The van der Waals surface area contributed by atoms with Crippen molar-refractivity contribution in [1.82, 2.24) is 0 Å². The summed E-state index contributed by atoms with van der Waals surface area (Å²) in [5.74, 6) is 3.09. The number of hydrogen-bond acceptors (Lipinski definition) is 3. The molecule has 3 heteroatoms. The van der Waals surface area contributed by atoms with Crippen LogP contribution < -0.4 is 10.5 Å². The highest BCUT2D eigenvalue weighted by atomic mass is 32.2. The Balaban J connectivity index is 2.48. The van der Waals surface area contributed by atoms with Crippen LogP contribution in [0.1, 0.15) is 24.5 Å². The average Bonchev–Trinajstić information content (AvgIpc) is 2.24. The van der Waals surface area contributed by atoms with Gasteiger partial charge >= 0.3 is 0 Å². The molecule has 0 aliphatic heterocycles. The summed E-state index contributed by atoms with van der Waals surface area (Å²) < 4.78 is 5.34. The molecule has 0 bridgehead atoms. The Labute approximate surface area is 103 Å². The monoisotopic (exact) mass is 239 g/mol. The van der Waals surface area contributed by atoms with Crippen LogP contribution >= 0.6 is 11.8 Å². The van der Waals surface area contributed by atoms with Crippen LogP contribution in [0.4, 0.5) is 0 Å². The molecule has 1 atom stereocenters. The number of ether oxygens (including phenoxy) is 1. The molecule has 0 aliphatic rings. The van der Waals surface area contributed by atoms with Crippen LogP contribution in [0.3, 0.4) is 0 Å². The van der Waals surface area contributed by atoms with Crippen molar-refractivity contribution >= 4 is 11.8 Å². The average molecular weight is 239 g/mol. The van der Waals surface area contributed by atoms with E-state index in [1.807, 2.05) is 24.8 Å². The van der Waals surface area contributed by atoms with Crippen molar-refractivity contribution < 1.29 is 4.74 Å². The lowest BCUT2D eigenvalue weighted by Crippen LogP contribution is -2.15. The number of thioether (sulfide) groups is 1. The smallest absolute Gasteiger partial charge is 0.122 e. The highest BCUT2D eigenvalue weighted by Crippen LogP contribution is 2.24.